The van der Waals surface area contributed by atoms with E-state index in [1.54, 1.807) is 0 Å². The largest absolute Gasteiger partial charge is 0.480 e. The Morgan fingerprint density at radius 2 is 1.76 bits per heavy atom. The van der Waals surface area contributed by atoms with Crippen LogP contribution in [0, 0.1) is 12.8 Å². The minimum atomic E-state index is -0.789. The van der Waals surface area contributed by atoms with Gasteiger partial charge in [-0.15, -0.1) is 11.3 Å². The van der Waals surface area contributed by atoms with Crippen molar-refractivity contribution in [3.63, 3.8) is 0 Å². The molecule has 2 fully saturated rings. The second-order valence-electron chi connectivity index (χ2n) is 9.58. The SMILES string of the molecule is Cc1ccc(CC(=O)Cc2nc(CN3CCN(CC(=O)O)CC3)cs2)c(C(=O)C2CCCC2)c1. The molecule has 7 nitrogen and oxygen atoms in total. The fraction of sp³-hybridized carbons (Fsp3) is 0.538. The minimum absolute atomic E-state index is 0.0764. The van der Waals surface area contributed by atoms with Gasteiger partial charge in [-0.05, 0) is 31.4 Å². The van der Waals surface area contributed by atoms with Crippen LogP contribution in [0.25, 0.3) is 0 Å². The summed E-state index contributed by atoms with van der Waals surface area (Å²) in [6, 6.07) is 5.86. The third-order valence-corrected chi connectivity index (χ3v) is 7.70. The molecule has 0 radical (unpaired) electrons. The molecule has 1 aromatic heterocycles. The van der Waals surface area contributed by atoms with E-state index in [-0.39, 0.29) is 36.9 Å². The van der Waals surface area contributed by atoms with Crippen molar-refractivity contribution < 1.29 is 19.5 Å². The Bertz CT molecular complexity index is 1040. The third kappa shape index (κ3) is 6.58. The Morgan fingerprint density at radius 3 is 2.47 bits per heavy atom. The van der Waals surface area contributed by atoms with Gasteiger partial charge < -0.3 is 5.11 Å². The van der Waals surface area contributed by atoms with Gasteiger partial charge in [0.15, 0.2) is 5.78 Å². The molecule has 1 aromatic carbocycles. The molecule has 0 amide bonds. The molecule has 1 saturated heterocycles. The van der Waals surface area contributed by atoms with Crippen molar-refractivity contribution in [3.05, 3.63) is 51.0 Å². The number of Topliss-reactive ketones (excluding diaryl/α,β-unsaturated/α-hetero) is 2. The molecule has 1 saturated carbocycles. The van der Waals surface area contributed by atoms with E-state index in [0.29, 0.717) is 6.54 Å². The second kappa shape index (κ2) is 11.3. The van der Waals surface area contributed by atoms with Crippen molar-refractivity contribution in [2.45, 2.75) is 52.0 Å². The lowest BCUT2D eigenvalue weighted by Crippen LogP contribution is -2.47. The van der Waals surface area contributed by atoms with E-state index in [9.17, 15) is 14.4 Å². The summed E-state index contributed by atoms with van der Waals surface area (Å²) in [4.78, 5) is 45.7. The van der Waals surface area contributed by atoms with E-state index in [1.807, 2.05) is 35.4 Å². The van der Waals surface area contributed by atoms with Crippen molar-refractivity contribution in [1.29, 1.82) is 0 Å². The number of nitrogens with zero attached hydrogens (tertiary/aromatic N) is 3. The van der Waals surface area contributed by atoms with Crippen molar-refractivity contribution in [1.82, 2.24) is 14.8 Å². The van der Waals surface area contributed by atoms with E-state index in [0.717, 1.165) is 79.3 Å². The molecular formula is C26H33N3O4S. The average molecular weight is 484 g/mol. The van der Waals surface area contributed by atoms with Gasteiger partial charge in [0.1, 0.15) is 10.8 Å². The number of aliphatic carboxylic acids is 1. The van der Waals surface area contributed by atoms with Crippen LogP contribution in [0.2, 0.25) is 0 Å². The van der Waals surface area contributed by atoms with Crippen molar-refractivity contribution in [3.8, 4) is 0 Å². The van der Waals surface area contributed by atoms with Gasteiger partial charge in [-0.25, -0.2) is 4.98 Å². The zero-order valence-electron chi connectivity index (χ0n) is 19.8. The first-order valence-electron chi connectivity index (χ1n) is 12.1. The van der Waals surface area contributed by atoms with Crippen LogP contribution in [-0.4, -0.2) is 70.1 Å². The number of hydrogen-bond donors (Lipinski definition) is 1. The summed E-state index contributed by atoms with van der Waals surface area (Å²) in [7, 11) is 0. The first kappa shape index (κ1) is 24.7. The topological polar surface area (TPSA) is 90.8 Å². The highest BCUT2D eigenvalue weighted by Crippen LogP contribution is 2.30. The second-order valence-corrected chi connectivity index (χ2v) is 10.5. The van der Waals surface area contributed by atoms with Crippen molar-refractivity contribution in [2.24, 2.45) is 5.92 Å². The third-order valence-electron chi connectivity index (χ3n) is 6.80. The van der Waals surface area contributed by atoms with Crippen molar-refractivity contribution >= 4 is 28.9 Å². The molecule has 182 valence electrons. The maximum atomic E-state index is 13.1. The summed E-state index contributed by atoms with van der Waals surface area (Å²) in [6.07, 6.45) is 4.67. The Hall–Kier alpha value is -2.42. The number of carboxylic acid groups (broad SMARTS) is 1. The lowest BCUT2D eigenvalue weighted by atomic mass is 9.90. The van der Waals surface area contributed by atoms with Gasteiger partial charge in [-0.1, -0.05) is 30.5 Å². The summed E-state index contributed by atoms with van der Waals surface area (Å²) >= 11 is 1.51. The molecule has 2 aromatic rings. The summed E-state index contributed by atoms with van der Waals surface area (Å²) in [6.45, 7) is 5.88. The van der Waals surface area contributed by atoms with Crippen LogP contribution in [0.3, 0.4) is 0 Å². The maximum Gasteiger partial charge on any atom is 0.317 e. The molecule has 0 atom stereocenters. The van der Waals surface area contributed by atoms with E-state index in [2.05, 4.69) is 9.88 Å². The Labute approximate surface area is 204 Å². The number of thiazole rings is 1. The average Bonchev–Trinajstić information content (AvgIpc) is 3.48. The first-order valence-corrected chi connectivity index (χ1v) is 13.0. The van der Waals surface area contributed by atoms with E-state index in [1.165, 1.54) is 11.3 Å². The molecule has 0 spiro atoms. The van der Waals surface area contributed by atoms with Gasteiger partial charge in [-0.2, -0.15) is 0 Å². The zero-order chi connectivity index (χ0) is 24.1. The molecular weight excluding hydrogens is 450 g/mol. The maximum absolute atomic E-state index is 13.1. The molecule has 8 heteroatoms. The fourth-order valence-corrected chi connectivity index (χ4v) is 5.77. The minimum Gasteiger partial charge on any atom is -0.480 e. The van der Waals surface area contributed by atoms with Crippen LogP contribution >= 0.6 is 11.3 Å². The Balaban J connectivity index is 1.31. The predicted molar refractivity (Wildman–Crippen MR) is 131 cm³/mol. The Kier molecular flexibility index (Phi) is 8.24. The number of carbonyl (C=O) groups excluding carboxylic acids is 2. The number of ketones is 2. The molecule has 2 aliphatic rings. The Morgan fingerprint density at radius 1 is 1.06 bits per heavy atom. The van der Waals surface area contributed by atoms with Gasteiger partial charge in [0.05, 0.1) is 18.7 Å². The molecule has 1 aliphatic heterocycles. The fourth-order valence-electron chi connectivity index (χ4n) is 4.95. The lowest BCUT2D eigenvalue weighted by Gasteiger charge is -2.33. The lowest BCUT2D eigenvalue weighted by molar-refractivity contribution is -0.138. The van der Waals surface area contributed by atoms with E-state index in [4.69, 9.17) is 5.11 Å². The van der Waals surface area contributed by atoms with Crippen LogP contribution < -0.4 is 0 Å². The standard InChI is InChI=1S/C26H33N3O4S/c1-18-6-7-20(23(12-18)26(33)19-4-2-3-5-19)13-22(30)14-24-27-21(17-34-24)15-28-8-10-29(11-9-28)16-25(31)32/h6-7,12,17,19H,2-5,8-11,13-16H2,1H3,(H,31,32). The molecule has 1 N–H and O–H groups in total. The number of carbonyl (C=O) groups is 3. The van der Waals surface area contributed by atoms with Gasteiger partial charge >= 0.3 is 5.97 Å². The van der Waals surface area contributed by atoms with Crippen LogP contribution in [0.4, 0.5) is 0 Å². The number of piperazine rings is 1. The highest BCUT2D eigenvalue weighted by molar-refractivity contribution is 7.09. The molecule has 2 heterocycles. The monoisotopic (exact) mass is 483 g/mol. The van der Waals surface area contributed by atoms with Crippen LogP contribution in [0.15, 0.2) is 23.6 Å². The molecule has 0 bridgehead atoms. The molecule has 1 aliphatic carbocycles. The molecule has 4 rings (SSSR count). The number of aryl methyl sites for hydroxylation is 1. The zero-order valence-corrected chi connectivity index (χ0v) is 20.6. The number of aromatic nitrogens is 1. The molecule has 34 heavy (non-hydrogen) atoms. The number of benzene rings is 1. The van der Waals surface area contributed by atoms with Gasteiger partial charge in [-0.3, -0.25) is 24.2 Å². The number of rotatable bonds is 10. The van der Waals surface area contributed by atoms with E-state index >= 15 is 0 Å². The van der Waals surface area contributed by atoms with Crippen LogP contribution in [0.5, 0.6) is 0 Å². The normalized spacial score (nSPS) is 17.8. The van der Waals surface area contributed by atoms with Gasteiger partial charge in [0, 0.05) is 56.0 Å². The van der Waals surface area contributed by atoms with Gasteiger partial charge in [0.2, 0.25) is 0 Å². The summed E-state index contributed by atoms with van der Waals surface area (Å²) in [5.41, 5.74) is 3.56. The first-order chi connectivity index (χ1) is 16.4. The summed E-state index contributed by atoms with van der Waals surface area (Å²) in [5.74, 6) is -0.414. The number of carboxylic acids is 1. The van der Waals surface area contributed by atoms with Crippen molar-refractivity contribution in [2.75, 3.05) is 32.7 Å². The van der Waals surface area contributed by atoms with Crippen LogP contribution in [-0.2, 0) is 29.0 Å². The highest BCUT2D eigenvalue weighted by atomic mass is 32.1. The molecule has 0 unspecified atom stereocenters. The quantitative estimate of drug-likeness (QED) is 0.518. The summed E-state index contributed by atoms with van der Waals surface area (Å²) in [5, 5.41) is 11.7. The van der Waals surface area contributed by atoms with E-state index < -0.39 is 5.97 Å². The van der Waals surface area contributed by atoms with Crippen LogP contribution in [0.1, 0.15) is 57.9 Å². The number of hydrogen-bond acceptors (Lipinski definition) is 7. The predicted octanol–water partition coefficient (Wildman–Crippen LogP) is 3.38. The van der Waals surface area contributed by atoms with Gasteiger partial charge in [0.25, 0.3) is 0 Å². The smallest absolute Gasteiger partial charge is 0.317 e. The highest BCUT2D eigenvalue weighted by Gasteiger charge is 2.26. The summed E-state index contributed by atoms with van der Waals surface area (Å²) < 4.78 is 0.